The van der Waals surface area contributed by atoms with Gasteiger partial charge in [0.2, 0.25) is 0 Å². The minimum atomic E-state index is -1.12. The molecule has 1 saturated heterocycles. The van der Waals surface area contributed by atoms with Crippen molar-refractivity contribution in [2.45, 2.75) is 6.04 Å². The molecular weight excluding hydrogens is 250 g/mol. The molecule has 0 radical (unpaired) electrons. The predicted octanol–water partition coefficient (Wildman–Crippen LogP) is -0.482. The Morgan fingerprint density at radius 1 is 1.63 bits per heavy atom. The van der Waals surface area contributed by atoms with Gasteiger partial charge in [-0.15, -0.1) is 11.5 Å². The number of nitrogens with zero attached hydrogens (tertiary/aromatic N) is 5. The first-order valence-corrected chi connectivity index (χ1v) is 5.61. The number of hydrogen-bond acceptors (Lipinski definition) is 4. The number of carbonyl (C=O) groups is 2. The van der Waals surface area contributed by atoms with Gasteiger partial charge in [-0.2, -0.15) is 0 Å². The molecule has 0 saturated carbocycles. The van der Waals surface area contributed by atoms with E-state index in [1.807, 2.05) is 0 Å². The highest BCUT2D eigenvalue weighted by atomic mass is 16.4. The van der Waals surface area contributed by atoms with E-state index in [1.54, 1.807) is 11.9 Å². The molecule has 0 atom stereocenters. The number of terminal acetylenes is 1. The van der Waals surface area contributed by atoms with E-state index < -0.39 is 5.97 Å². The first kappa shape index (κ1) is 12.9. The number of aromatic nitrogens is 3. The van der Waals surface area contributed by atoms with Crippen LogP contribution in [-0.2, 0) is 0 Å². The van der Waals surface area contributed by atoms with Gasteiger partial charge in [0.15, 0.2) is 5.69 Å². The standard InChI is InChI=1S/C11H13N5O3/c1-3-4-14(2)11(19)15-5-8(6-15)16-7-9(10(17)18)12-13-16/h1,7-8H,4-6H2,2H3,(H,17,18). The molecule has 0 unspecified atom stereocenters. The lowest BCUT2D eigenvalue weighted by atomic mass is 10.1. The van der Waals surface area contributed by atoms with Crippen LogP contribution in [0.3, 0.4) is 0 Å². The first-order valence-electron chi connectivity index (χ1n) is 5.61. The number of carbonyl (C=O) groups excluding carboxylic acids is 1. The first-order chi connectivity index (χ1) is 9.02. The molecule has 19 heavy (non-hydrogen) atoms. The number of likely N-dealkylation sites (tertiary alicyclic amines) is 1. The zero-order chi connectivity index (χ0) is 14.0. The van der Waals surface area contributed by atoms with Gasteiger partial charge in [0.05, 0.1) is 18.8 Å². The van der Waals surface area contributed by atoms with Crippen molar-refractivity contribution in [3.05, 3.63) is 11.9 Å². The van der Waals surface area contributed by atoms with Crippen molar-refractivity contribution in [2.24, 2.45) is 0 Å². The van der Waals surface area contributed by atoms with Gasteiger partial charge in [0, 0.05) is 20.1 Å². The van der Waals surface area contributed by atoms with E-state index in [1.165, 1.54) is 15.8 Å². The maximum Gasteiger partial charge on any atom is 0.358 e. The highest BCUT2D eigenvalue weighted by molar-refractivity contribution is 5.84. The summed E-state index contributed by atoms with van der Waals surface area (Å²) in [6.45, 7) is 1.19. The van der Waals surface area contributed by atoms with Gasteiger partial charge in [-0.3, -0.25) is 0 Å². The van der Waals surface area contributed by atoms with Crippen molar-refractivity contribution in [1.29, 1.82) is 0 Å². The molecule has 0 aliphatic carbocycles. The monoisotopic (exact) mass is 263 g/mol. The Balaban J connectivity index is 1.90. The Bertz CT molecular complexity index is 541. The third kappa shape index (κ3) is 2.49. The minimum absolute atomic E-state index is 0.0382. The Morgan fingerprint density at radius 3 is 2.84 bits per heavy atom. The van der Waals surface area contributed by atoms with E-state index in [-0.39, 0.29) is 24.3 Å². The third-order valence-electron chi connectivity index (χ3n) is 2.89. The van der Waals surface area contributed by atoms with Crippen molar-refractivity contribution in [3.63, 3.8) is 0 Å². The Hall–Kier alpha value is -2.56. The van der Waals surface area contributed by atoms with Gasteiger partial charge in [-0.25, -0.2) is 14.3 Å². The average molecular weight is 263 g/mol. The zero-order valence-electron chi connectivity index (χ0n) is 10.4. The molecule has 1 aromatic heterocycles. The Morgan fingerprint density at radius 2 is 2.32 bits per heavy atom. The van der Waals surface area contributed by atoms with Crippen LogP contribution in [0.5, 0.6) is 0 Å². The quantitative estimate of drug-likeness (QED) is 0.743. The summed E-state index contributed by atoms with van der Waals surface area (Å²) in [5.74, 6) is 1.28. The van der Waals surface area contributed by atoms with Crippen molar-refractivity contribution < 1.29 is 14.7 Å². The summed E-state index contributed by atoms with van der Waals surface area (Å²) in [5.41, 5.74) is -0.103. The van der Waals surface area contributed by atoms with E-state index in [4.69, 9.17) is 11.5 Å². The molecule has 1 N–H and O–H groups in total. The fourth-order valence-corrected chi connectivity index (χ4v) is 1.78. The SMILES string of the molecule is C#CCN(C)C(=O)N1CC(n2cc(C(=O)O)nn2)C1. The van der Waals surface area contributed by atoms with Crippen molar-refractivity contribution in [1.82, 2.24) is 24.8 Å². The maximum atomic E-state index is 11.8. The molecule has 1 fully saturated rings. The van der Waals surface area contributed by atoms with Crippen molar-refractivity contribution in [2.75, 3.05) is 26.7 Å². The number of carboxylic acid groups (broad SMARTS) is 1. The molecule has 1 aliphatic heterocycles. The molecular formula is C11H13N5O3. The van der Waals surface area contributed by atoms with Crippen LogP contribution in [-0.4, -0.2) is 68.6 Å². The lowest BCUT2D eigenvalue weighted by molar-refractivity contribution is 0.0689. The number of aromatic carboxylic acids is 1. The van der Waals surface area contributed by atoms with Crippen LogP contribution in [0.4, 0.5) is 4.79 Å². The summed E-state index contributed by atoms with van der Waals surface area (Å²) < 4.78 is 1.47. The molecule has 2 amide bonds. The molecule has 2 heterocycles. The number of hydrogen-bond donors (Lipinski definition) is 1. The van der Waals surface area contributed by atoms with Crippen LogP contribution in [0.1, 0.15) is 16.5 Å². The van der Waals surface area contributed by atoms with Crippen LogP contribution in [0.2, 0.25) is 0 Å². The lowest BCUT2D eigenvalue weighted by Gasteiger charge is -2.40. The summed E-state index contributed by atoms with van der Waals surface area (Å²) in [5, 5.41) is 16.0. The van der Waals surface area contributed by atoms with Gasteiger partial charge >= 0.3 is 12.0 Å². The van der Waals surface area contributed by atoms with Gasteiger partial charge in [-0.1, -0.05) is 11.1 Å². The highest BCUT2D eigenvalue weighted by Crippen LogP contribution is 2.21. The van der Waals surface area contributed by atoms with Crippen molar-refractivity contribution in [3.8, 4) is 12.3 Å². The molecule has 100 valence electrons. The number of rotatable bonds is 3. The fourth-order valence-electron chi connectivity index (χ4n) is 1.78. The molecule has 8 nitrogen and oxygen atoms in total. The molecule has 1 aliphatic rings. The van der Waals surface area contributed by atoms with Gasteiger partial charge in [-0.05, 0) is 0 Å². The number of amides is 2. The van der Waals surface area contributed by atoms with Crippen LogP contribution >= 0.6 is 0 Å². The molecule has 8 heteroatoms. The van der Waals surface area contributed by atoms with Crippen LogP contribution in [0.15, 0.2) is 6.20 Å². The summed E-state index contributed by atoms with van der Waals surface area (Å²) >= 11 is 0. The van der Waals surface area contributed by atoms with Crippen molar-refractivity contribution >= 4 is 12.0 Å². The van der Waals surface area contributed by atoms with Gasteiger partial charge < -0.3 is 14.9 Å². The Labute approximate surface area is 109 Å². The molecule has 0 spiro atoms. The fraction of sp³-hybridized carbons (Fsp3) is 0.455. The largest absolute Gasteiger partial charge is 0.476 e. The maximum absolute atomic E-state index is 11.8. The number of urea groups is 1. The summed E-state index contributed by atoms with van der Waals surface area (Å²) in [6.07, 6.45) is 6.50. The van der Waals surface area contributed by atoms with E-state index in [2.05, 4.69) is 16.2 Å². The molecule has 0 aromatic carbocycles. The van der Waals surface area contributed by atoms with Crippen LogP contribution in [0, 0.1) is 12.3 Å². The van der Waals surface area contributed by atoms with Gasteiger partial charge in [0.25, 0.3) is 0 Å². The Kier molecular flexibility index (Phi) is 3.37. The van der Waals surface area contributed by atoms with E-state index in [9.17, 15) is 9.59 Å². The highest BCUT2D eigenvalue weighted by Gasteiger charge is 2.34. The van der Waals surface area contributed by atoms with E-state index >= 15 is 0 Å². The average Bonchev–Trinajstić information content (AvgIpc) is 2.76. The molecule has 0 bridgehead atoms. The smallest absolute Gasteiger partial charge is 0.358 e. The summed E-state index contributed by atoms with van der Waals surface area (Å²) in [6, 6.07) is -0.184. The zero-order valence-corrected chi connectivity index (χ0v) is 10.4. The molecule has 1 aromatic rings. The second-order valence-corrected chi connectivity index (χ2v) is 4.29. The minimum Gasteiger partial charge on any atom is -0.476 e. The topological polar surface area (TPSA) is 91.6 Å². The van der Waals surface area contributed by atoms with E-state index in [0.29, 0.717) is 13.1 Å². The summed E-state index contributed by atoms with van der Waals surface area (Å²) in [7, 11) is 1.63. The van der Waals surface area contributed by atoms with E-state index in [0.717, 1.165) is 0 Å². The predicted molar refractivity (Wildman–Crippen MR) is 64.5 cm³/mol. The third-order valence-corrected chi connectivity index (χ3v) is 2.89. The summed E-state index contributed by atoms with van der Waals surface area (Å²) in [4.78, 5) is 25.6. The lowest BCUT2D eigenvalue weighted by Crippen LogP contribution is -2.54. The normalized spacial score (nSPS) is 14.6. The molecule has 2 rings (SSSR count). The second-order valence-electron chi connectivity index (χ2n) is 4.29. The van der Waals surface area contributed by atoms with Crippen LogP contribution < -0.4 is 0 Å². The van der Waals surface area contributed by atoms with Crippen LogP contribution in [0.25, 0.3) is 0 Å². The number of carboxylic acids is 1. The second kappa shape index (κ2) is 4.97. The van der Waals surface area contributed by atoms with Gasteiger partial charge in [0.1, 0.15) is 0 Å².